The van der Waals surface area contributed by atoms with E-state index in [1.165, 1.54) is 44.0 Å². The molecular weight excluding hydrogens is 268 g/mol. The quantitative estimate of drug-likeness (QED) is 0.908. The summed E-state index contributed by atoms with van der Waals surface area (Å²) in [5.74, 6) is -1.11. The van der Waals surface area contributed by atoms with Crippen LogP contribution in [-0.2, 0) is 0 Å². The number of hydrogen-bond acceptors (Lipinski definition) is 3. The molecule has 1 aromatic heterocycles. The minimum Gasteiger partial charge on any atom is -0.478 e. The lowest BCUT2D eigenvalue weighted by atomic mass is 9.77. The Bertz CT molecular complexity index is 537. The van der Waals surface area contributed by atoms with Gasteiger partial charge >= 0.3 is 5.97 Å². The molecule has 5 heteroatoms. The Hall–Kier alpha value is -1.91. The molecule has 3 rings (SSSR count). The summed E-state index contributed by atoms with van der Waals surface area (Å²) >= 11 is 0. The Morgan fingerprint density at radius 2 is 1.76 bits per heavy atom. The van der Waals surface area contributed by atoms with Gasteiger partial charge < -0.3 is 10.0 Å². The van der Waals surface area contributed by atoms with Crippen molar-refractivity contribution < 1.29 is 14.7 Å². The summed E-state index contributed by atoms with van der Waals surface area (Å²) in [6.45, 7) is 1.59. The molecule has 112 valence electrons. The zero-order valence-electron chi connectivity index (χ0n) is 12.0. The van der Waals surface area contributed by atoms with Crippen LogP contribution in [0.2, 0.25) is 0 Å². The molecule has 1 spiro atoms. The lowest BCUT2D eigenvalue weighted by Crippen LogP contribution is -2.42. The average Bonchev–Trinajstić information content (AvgIpc) is 2.96. The summed E-state index contributed by atoms with van der Waals surface area (Å²) in [7, 11) is 0. The van der Waals surface area contributed by atoms with Gasteiger partial charge in [0.2, 0.25) is 0 Å². The molecule has 1 aliphatic carbocycles. The van der Waals surface area contributed by atoms with E-state index in [9.17, 15) is 9.59 Å². The molecule has 0 bridgehead atoms. The standard InChI is InChI=1S/C16H20N2O3/c19-14(13-4-3-12(11-17-13)15(20)21)18-9-7-16(8-10-18)5-1-2-6-16/h3-4,11H,1-2,5-10H2,(H,20,21). The van der Waals surface area contributed by atoms with E-state index in [2.05, 4.69) is 4.98 Å². The summed E-state index contributed by atoms with van der Waals surface area (Å²) in [5.41, 5.74) is 0.926. The number of nitrogens with zero attached hydrogens (tertiary/aromatic N) is 2. The number of aromatic carboxylic acids is 1. The predicted octanol–water partition coefficient (Wildman–Crippen LogP) is 2.58. The van der Waals surface area contributed by atoms with Crippen LogP contribution in [0.4, 0.5) is 0 Å². The average molecular weight is 288 g/mol. The molecule has 0 atom stereocenters. The molecule has 1 amide bonds. The molecule has 0 aromatic carbocycles. The van der Waals surface area contributed by atoms with E-state index in [0.29, 0.717) is 11.1 Å². The fourth-order valence-corrected chi connectivity index (χ4v) is 3.62. The third-order valence-electron chi connectivity index (χ3n) is 5.01. The van der Waals surface area contributed by atoms with Gasteiger partial charge in [-0.2, -0.15) is 0 Å². The SMILES string of the molecule is O=C(O)c1ccc(C(=O)N2CCC3(CCCC3)CC2)nc1. The normalized spacial score (nSPS) is 20.7. The summed E-state index contributed by atoms with van der Waals surface area (Å²) in [6, 6.07) is 2.94. The van der Waals surface area contributed by atoms with Gasteiger partial charge in [-0.25, -0.2) is 4.79 Å². The number of likely N-dealkylation sites (tertiary alicyclic amines) is 1. The molecule has 1 aliphatic heterocycles. The Balaban J connectivity index is 1.64. The van der Waals surface area contributed by atoms with Crippen LogP contribution in [-0.4, -0.2) is 40.0 Å². The number of carbonyl (C=O) groups excluding carboxylic acids is 1. The number of carboxylic acid groups (broad SMARTS) is 1. The van der Waals surface area contributed by atoms with Crippen LogP contribution < -0.4 is 0 Å². The molecule has 1 aromatic rings. The van der Waals surface area contributed by atoms with Gasteiger partial charge in [0, 0.05) is 19.3 Å². The monoisotopic (exact) mass is 288 g/mol. The van der Waals surface area contributed by atoms with E-state index in [1.54, 1.807) is 0 Å². The second-order valence-electron chi connectivity index (χ2n) is 6.24. The van der Waals surface area contributed by atoms with Crippen molar-refractivity contribution in [2.24, 2.45) is 5.41 Å². The van der Waals surface area contributed by atoms with Gasteiger partial charge in [0.05, 0.1) is 5.56 Å². The molecule has 2 aliphatic rings. The number of carboxylic acids is 1. The number of aromatic nitrogens is 1. The molecule has 21 heavy (non-hydrogen) atoms. The van der Waals surface area contributed by atoms with E-state index in [0.717, 1.165) is 25.9 Å². The molecule has 0 unspecified atom stereocenters. The fourth-order valence-electron chi connectivity index (χ4n) is 3.62. The van der Waals surface area contributed by atoms with Crippen LogP contribution in [0.25, 0.3) is 0 Å². The van der Waals surface area contributed by atoms with Crippen molar-refractivity contribution in [2.75, 3.05) is 13.1 Å². The molecule has 2 fully saturated rings. The summed E-state index contributed by atoms with van der Waals surface area (Å²) in [6.07, 6.45) is 8.69. The Morgan fingerprint density at radius 3 is 2.29 bits per heavy atom. The number of carbonyl (C=O) groups is 2. The van der Waals surface area contributed by atoms with Crippen LogP contribution in [0, 0.1) is 5.41 Å². The highest BCUT2D eigenvalue weighted by atomic mass is 16.4. The highest BCUT2D eigenvalue weighted by molar-refractivity contribution is 5.93. The minimum atomic E-state index is -1.03. The maximum atomic E-state index is 12.4. The summed E-state index contributed by atoms with van der Waals surface area (Å²) < 4.78 is 0. The number of amides is 1. The van der Waals surface area contributed by atoms with Gasteiger partial charge in [0.1, 0.15) is 5.69 Å². The predicted molar refractivity (Wildman–Crippen MR) is 77.2 cm³/mol. The maximum Gasteiger partial charge on any atom is 0.337 e. The third kappa shape index (κ3) is 2.77. The smallest absolute Gasteiger partial charge is 0.337 e. The first-order chi connectivity index (χ1) is 10.1. The lowest BCUT2D eigenvalue weighted by molar-refractivity contribution is 0.0580. The van der Waals surface area contributed by atoms with Crippen molar-refractivity contribution in [1.82, 2.24) is 9.88 Å². The summed E-state index contributed by atoms with van der Waals surface area (Å²) in [4.78, 5) is 29.0. The van der Waals surface area contributed by atoms with E-state index in [1.807, 2.05) is 4.90 Å². The maximum absolute atomic E-state index is 12.4. The van der Waals surface area contributed by atoms with Crippen molar-refractivity contribution in [2.45, 2.75) is 38.5 Å². The first-order valence-electron chi connectivity index (χ1n) is 7.58. The minimum absolute atomic E-state index is 0.0835. The van der Waals surface area contributed by atoms with Crippen molar-refractivity contribution in [3.8, 4) is 0 Å². The van der Waals surface area contributed by atoms with Crippen molar-refractivity contribution in [3.63, 3.8) is 0 Å². The first kappa shape index (κ1) is 14.0. The lowest BCUT2D eigenvalue weighted by Gasteiger charge is -2.39. The Labute approximate surface area is 124 Å². The Morgan fingerprint density at radius 1 is 1.10 bits per heavy atom. The van der Waals surface area contributed by atoms with Crippen LogP contribution in [0.15, 0.2) is 18.3 Å². The zero-order chi connectivity index (χ0) is 14.9. The van der Waals surface area contributed by atoms with E-state index in [-0.39, 0.29) is 11.5 Å². The second kappa shape index (κ2) is 5.47. The fraction of sp³-hybridized carbons (Fsp3) is 0.562. The van der Waals surface area contributed by atoms with Gasteiger partial charge in [-0.15, -0.1) is 0 Å². The third-order valence-corrected chi connectivity index (χ3v) is 5.01. The molecule has 2 heterocycles. The molecule has 5 nitrogen and oxygen atoms in total. The van der Waals surface area contributed by atoms with Crippen LogP contribution in [0.1, 0.15) is 59.4 Å². The highest BCUT2D eigenvalue weighted by Gasteiger charge is 2.38. The van der Waals surface area contributed by atoms with E-state index < -0.39 is 5.97 Å². The number of rotatable bonds is 2. The van der Waals surface area contributed by atoms with E-state index >= 15 is 0 Å². The van der Waals surface area contributed by atoms with Gasteiger partial charge in [-0.05, 0) is 43.2 Å². The van der Waals surface area contributed by atoms with Gasteiger partial charge in [0.15, 0.2) is 0 Å². The second-order valence-corrected chi connectivity index (χ2v) is 6.24. The van der Waals surface area contributed by atoms with Crippen LogP contribution in [0.3, 0.4) is 0 Å². The number of hydrogen-bond donors (Lipinski definition) is 1. The Kier molecular flexibility index (Phi) is 3.66. The molecule has 1 saturated carbocycles. The van der Waals surface area contributed by atoms with Crippen molar-refractivity contribution >= 4 is 11.9 Å². The van der Waals surface area contributed by atoms with Gasteiger partial charge in [-0.1, -0.05) is 12.8 Å². The molecule has 0 radical (unpaired) electrons. The number of pyridine rings is 1. The van der Waals surface area contributed by atoms with E-state index in [4.69, 9.17) is 5.11 Å². The zero-order valence-corrected chi connectivity index (χ0v) is 12.0. The first-order valence-corrected chi connectivity index (χ1v) is 7.58. The topological polar surface area (TPSA) is 70.5 Å². The molecular formula is C16H20N2O3. The molecule has 1 saturated heterocycles. The van der Waals surface area contributed by atoms with Crippen molar-refractivity contribution in [1.29, 1.82) is 0 Å². The largest absolute Gasteiger partial charge is 0.478 e. The highest BCUT2D eigenvalue weighted by Crippen LogP contribution is 2.46. The number of piperidine rings is 1. The van der Waals surface area contributed by atoms with Gasteiger partial charge in [0.25, 0.3) is 5.91 Å². The van der Waals surface area contributed by atoms with Gasteiger partial charge in [-0.3, -0.25) is 9.78 Å². The van der Waals surface area contributed by atoms with Crippen molar-refractivity contribution in [3.05, 3.63) is 29.6 Å². The summed E-state index contributed by atoms with van der Waals surface area (Å²) in [5, 5.41) is 8.85. The van der Waals surface area contributed by atoms with Crippen LogP contribution in [0.5, 0.6) is 0 Å². The van der Waals surface area contributed by atoms with Crippen LogP contribution >= 0.6 is 0 Å². The molecule has 1 N–H and O–H groups in total.